The van der Waals surface area contributed by atoms with Crippen molar-refractivity contribution in [1.82, 2.24) is 4.98 Å². The first kappa shape index (κ1) is 12.9. The fourth-order valence-electron chi connectivity index (χ4n) is 1.75. The van der Waals surface area contributed by atoms with Crippen LogP contribution >= 0.6 is 15.9 Å². The van der Waals surface area contributed by atoms with E-state index in [0.717, 1.165) is 5.56 Å². The molecule has 0 fully saturated rings. The number of pyridine rings is 1. The Morgan fingerprint density at radius 1 is 1.33 bits per heavy atom. The Kier molecular flexibility index (Phi) is 3.87. The zero-order chi connectivity index (χ0) is 13.1. The van der Waals surface area contributed by atoms with Crippen molar-refractivity contribution in [3.05, 3.63) is 63.6 Å². The molecule has 0 amide bonds. The molecular weight excluding hydrogens is 297 g/mol. The molecule has 92 valence electrons. The number of benzene rings is 1. The van der Waals surface area contributed by atoms with Crippen LogP contribution in [0.2, 0.25) is 0 Å². The van der Waals surface area contributed by atoms with Crippen molar-refractivity contribution >= 4 is 21.7 Å². The van der Waals surface area contributed by atoms with Crippen LogP contribution in [-0.2, 0) is 6.42 Å². The molecule has 0 aliphatic carbocycles. The predicted octanol–water partition coefficient (Wildman–Crippen LogP) is 3.78. The number of hydrogen-bond acceptors (Lipinski definition) is 2. The predicted molar refractivity (Wildman–Crippen MR) is 71.1 cm³/mol. The molecule has 0 bridgehead atoms. The van der Waals surface area contributed by atoms with Crippen LogP contribution in [0, 0.1) is 5.82 Å². The first-order valence-corrected chi connectivity index (χ1v) is 6.35. The number of hydrogen-bond donors (Lipinski definition) is 0. The molecule has 0 N–H and O–H groups in total. The van der Waals surface area contributed by atoms with E-state index in [1.54, 1.807) is 24.5 Å². The Balaban J connectivity index is 2.51. The minimum Gasteiger partial charge on any atom is -0.288 e. The van der Waals surface area contributed by atoms with E-state index >= 15 is 0 Å². The van der Waals surface area contributed by atoms with Crippen LogP contribution in [0.5, 0.6) is 0 Å². The number of nitrogens with zero attached hydrogens (tertiary/aromatic N) is 1. The molecule has 2 aromatic rings. The molecule has 0 spiro atoms. The first-order chi connectivity index (χ1) is 8.63. The van der Waals surface area contributed by atoms with Gasteiger partial charge >= 0.3 is 0 Å². The molecule has 1 heterocycles. The summed E-state index contributed by atoms with van der Waals surface area (Å²) in [6.45, 7) is 1.94. The number of aromatic nitrogens is 1. The summed E-state index contributed by atoms with van der Waals surface area (Å²) in [5.74, 6) is -0.824. The van der Waals surface area contributed by atoms with E-state index in [1.165, 1.54) is 12.1 Å². The number of ketones is 1. The summed E-state index contributed by atoms with van der Waals surface area (Å²) in [6, 6.07) is 5.97. The summed E-state index contributed by atoms with van der Waals surface area (Å²) in [7, 11) is 0. The number of aryl methyl sites for hydroxylation is 1. The lowest BCUT2D eigenvalue weighted by atomic mass is 9.98. The average molecular weight is 308 g/mol. The highest BCUT2D eigenvalue weighted by atomic mass is 79.9. The fraction of sp³-hybridized carbons (Fsp3) is 0.143. The molecule has 0 saturated carbocycles. The SMILES string of the molecule is CCc1cnccc1C(=O)c1cc(Br)ccc1F. The van der Waals surface area contributed by atoms with Crippen LogP contribution in [0.3, 0.4) is 0 Å². The molecule has 0 atom stereocenters. The lowest BCUT2D eigenvalue weighted by Crippen LogP contribution is -2.07. The van der Waals surface area contributed by atoms with Gasteiger partial charge in [-0.25, -0.2) is 4.39 Å². The Bertz CT molecular complexity index is 598. The van der Waals surface area contributed by atoms with Crippen LogP contribution in [0.4, 0.5) is 4.39 Å². The molecule has 0 radical (unpaired) electrons. The molecule has 0 aliphatic heterocycles. The van der Waals surface area contributed by atoms with Crippen molar-refractivity contribution < 1.29 is 9.18 Å². The van der Waals surface area contributed by atoms with Gasteiger partial charge in [-0.05, 0) is 36.2 Å². The smallest absolute Gasteiger partial charge is 0.196 e. The van der Waals surface area contributed by atoms with Crippen molar-refractivity contribution in [2.24, 2.45) is 0 Å². The maximum Gasteiger partial charge on any atom is 0.196 e. The molecule has 1 aromatic heterocycles. The van der Waals surface area contributed by atoms with E-state index in [-0.39, 0.29) is 11.3 Å². The van der Waals surface area contributed by atoms with Gasteiger partial charge in [-0.1, -0.05) is 22.9 Å². The minimum absolute atomic E-state index is 0.0743. The van der Waals surface area contributed by atoms with E-state index in [4.69, 9.17) is 0 Å². The van der Waals surface area contributed by atoms with Gasteiger partial charge in [0.05, 0.1) is 5.56 Å². The van der Waals surface area contributed by atoms with Crippen LogP contribution in [-0.4, -0.2) is 10.8 Å². The quantitative estimate of drug-likeness (QED) is 0.808. The van der Waals surface area contributed by atoms with Crippen LogP contribution in [0.25, 0.3) is 0 Å². The third kappa shape index (κ3) is 2.48. The Morgan fingerprint density at radius 2 is 2.11 bits per heavy atom. The number of carbonyl (C=O) groups excluding carboxylic acids is 1. The number of rotatable bonds is 3. The fourth-order valence-corrected chi connectivity index (χ4v) is 2.11. The highest BCUT2D eigenvalue weighted by molar-refractivity contribution is 9.10. The van der Waals surface area contributed by atoms with E-state index < -0.39 is 5.82 Å². The highest BCUT2D eigenvalue weighted by Gasteiger charge is 2.16. The van der Waals surface area contributed by atoms with E-state index in [2.05, 4.69) is 20.9 Å². The van der Waals surface area contributed by atoms with Gasteiger partial charge in [0.1, 0.15) is 5.82 Å². The molecule has 2 rings (SSSR count). The number of carbonyl (C=O) groups is 1. The largest absolute Gasteiger partial charge is 0.288 e. The summed E-state index contributed by atoms with van der Waals surface area (Å²) in [5, 5.41) is 0. The van der Waals surface area contributed by atoms with Crippen molar-refractivity contribution in [2.75, 3.05) is 0 Å². The van der Waals surface area contributed by atoms with Gasteiger partial charge in [0.15, 0.2) is 5.78 Å². The Hall–Kier alpha value is -1.55. The topological polar surface area (TPSA) is 30.0 Å². The van der Waals surface area contributed by atoms with Gasteiger partial charge in [-0.3, -0.25) is 9.78 Å². The van der Waals surface area contributed by atoms with Gasteiger partial charge in [0.2, 0.25) is 0 Å². The monoisotopic (exact) mass is 307 g/mol. The summed E-state index contributed by atoms with van der Waals surface area (Å²) in [6.07, 6.45) is 3.87. The molecule has 0 aliphatic rings. The lowest BCUT2D eigenvalue weighted by molar-refractivity contribution is 0.103. The van der Waals surface area contributed by atoms with Gasteiger partial charge in [-0.2, -0.15) is 0 Å². The number of halogens is 2. The summed E-state index contributed by atoms with van der Waals surface area (Å²) in [5.41, 5.74) is 1.40. The second-order valence-corrected chi connectivity index (χ2v) is 4.76. The summed E-state index contributed by atoms with van der Waals surface area (Å²) < 4.78 is 14.4. The third-order valence-electron chi connectivity index (χ3n) is 2.70. The van der Waals surface area contributed by atoms with Crippen molar-refractivity contribution in [1.29, 1.82) is 0 Å². The standard InChI is InChI=1S/C14H11BrFNO/c1-2-9-8-17-6-5-11(9)14(18)12-7-10(15)3-4-13(12)16/h3-8H,2H2,1H3. The molecule has 0 unspecified atom stereocenters. The van der Waals surface area contributed by atoms with E-state index in [1.807, 2.05) is 6.92 Å². The zero-order valence-electron chi connectivity index (χ0n) is 9.78. The molecule has 4 heteroatoms. The molecular formula is C14H11BrFNO. The van der Waals surface area contributed by atoms with Gasteiger partial charge in [0.25, 0.3) is 0 Å². The molecule has 2 nitrogen and oxygen atoms in total. The van der Waals surface area contributed by atoms with Gasteiger partial charge in [-0.15, -0.1) is 0 Å². The molecule has 18 heavy (non-hydrogen) atoms. The van der Waals surface area contributed by atoms with Crippen LogP contribution < -0.4 is 0 Å². The summed E-state index contributed by atoms with van der Waals surface area (Å²) in [4.78, 5) is 16.3. The van der Waals surface area contributed by atoms with Gasteiger partial charge < -0.3 is 0 Å². The van der Waals surface area contributed by atoms with Crippen LogP contribution in [0.1, 0.15) is 28.4 Å². The molecule has 0 saturated heterocycles. The highest BCUT2D eigenvalue weighted by Crippen LogP contribution is 2.20. The maximum atomic E-state index is 13.7. The van der Waals surface area contributed by atoms with E-state index in [0.29, 0.717) is 16.5 Å². The summed E-state index contributed by atoms with van der Waals surface area (Å²) >= 11 is 3.24. The van der Waals surface area contributed by atoms with Crippen LogP contribution in [0.15, 0.2) is 41.1 Å². The van der Waals surface area contributed by atoms with Crippen molar-refractivity contribution in [3.63, 3.8) is 0 Å². The Labute approximate surface area is 113 Å². The van der Waals surface area contributed by atoms with Crippen molar-refractivity contribution in [2.45, 2.75) is 13.3 Å². The minimum atomic E-state index is -0.512. The lowest BCUT2D eigenvalue weighted by Gasteiger charge is -2.07. The third-order valence-corrected chi connectivity index (χ3v) is 3.20. The zero-order valence-corrected chi connectivity index (χ0v) is 11.4. The normalized spacial score (nSPS) is 10.4. The molecule has 1 aromatic carbocycles. The van der Waals surface area contributed by atoms with Crippen molar-refractivity contribution in [3.8, 4) is 0 Å². The Morgan fingerprint density at radius 3 is 2.83 bits per heavy atom. The average Bonchev–Trinajstić information content (AvgIpc) is 2.40. The first-order valence-electron chi connectivity index (χ1n) is 5.56. The second-order valence-electron chi connectivity index (χ2n) is 3.84. The van der Waals surface area contributed by atoms with Gasteiger partial charge in [0, 0.05) is 22.4 Å². The second kappa shape index (κ2) is 5.40. The van der Waals surface area contributed by atoms with E-state index in [9.17, 15) is 9.18 Å². The maximum absolute atomic E-state index is 13.7.